The van der Waals surface area contributed by atoms with Crippen molar-refractivity contribution in [1.29, 1.82) is 0 Å². The molecule has 2 aliphatic rings. The summed E-state index contributed by atoms with van der Waals surface area (Å²) in [5, 5.41) is 21.6. The van der Waals surface area contributed by atoms with E-state index < -0.39 is 11.4 Å². The van der Waals surface area contributed by atoms with Gasteiger partial charge in [0, 0.05) is 11.6 Å². The number of hydrogen-bond donors (Lipinski definition) is 3. The van der Waals surface area contributed by atoms with Crippen LogP contribution in [0.4, 0.5) is 4.79 Å². The molecule has 4 unspecified atom stereocenters. The Balaban J connectivity index is 0.000000286. The van der Waals surface area contributed by atoms with Crippen LogP contribution in [0, 0.1) is 11.8 Å². The number of ether oxygens (including phenoxy) is 1. The average molecular weight is 308 g/mol. The SMILES string of the molecule is CCOC(=O)Cl.O=C(O)C1NCCC2CC(O)CCC21. The molecule has 2 rings (SSSR count). The van der Waals surface area contributed by atoms with Gasteiger partial charge in [-0.2, -0.15) is 0 Å². The Morgan fingerprint density at radius 2 is 2.05 bits per heavy atom. The Kier molecular flexibility index (Phi) is 7.26. The Bertz CT molecular complexity index is 339. The first-order valence-electron chi connectivity index (χ1n) is 6.92. The van der Waals surface area contributed by atoms with Gasteiger partial charge in [0.15, 0.2) is 0 Å². The second kappa shape index (κ2) is 8.44. The number of piperidine rings is 1. The number of aliphatic hydroxyl groups is 1. The molecule has 116 valence electrons. The van der Waals surface area contributed by atoms with Crippen molar-refractivity contribution in [3.8, 4) is 0 Å². The van der Waals surface area contributed by atoms with E-state index in [9.17, 15) is 14.7 Å². The molecule has 0 bridgehead atoms. The molecule has 0 spiro atoms. The molecule has 4 atom stereocenters. The second-order valence-electron chi connectivity index (χ2n) is 5.12. The van der Waals surface area contributed by atoms with E-state index in [0.717, 1.165) is 32.2 Å². The Labute approximate surface area is 123 Å². The van der Waals surface area contributed by atoms with Crippen molar-refractivity contribution in [2.24, 2.45) is 11.8 Å². The van der Waals surface area contributed by atoms with E-state index in [1.54, 1.807) is 6.92 Å². The summed E-state index contributed by atoms with van der Waals surface area (Å²) in [6.07, 6.45) is 3.19. The minimum absolute atomic E-state index is 0.205. The van der Waals surface area contributed by atoms with Crippen LogP contribution in [0.1, 0.15) is 32.6 Å². The zero-order chi connectivity index (χ0) is 15.1. The predicted octanol–water partition coefficient (Wildman–Crippen LogP) is 1.59. The van der Waals surface area contributed by atoms with Gasteiger partial charge in [0.1, 0.15) is 6.04 Å². The molecule has 6 nitrogen and oxygen atoms in total. The van der Waals surface area contributed by atoms with Gasteiger partial charge in [-0.05, 0) is 51.0 Å². The Morgan fingerprint density at radius 3 is 2.55 bits per heavy atom. The highest BCUT2D eigenvalue weighted by atomic mass is 35.5. The predicted molar refractivity (Wildman–Crippen MR) is 73.8 cm³/mol. The Hall–Kier alpha value is -0.850. The first kappa shape index (κ1) is 17.2. The number of hydrogen-bond acceptors (Lipinski definition) is 5. The summed E-state index contributed by atoms with van der Waals surface area (Å²) in [6.45, 7) is 2.81. The third kappa shape index (κ3) is 5.26. The number of carbonyl (C=O) groups is 2. The molecule has 20 heavy (non-hydrogen) atoms. The van der Waals surface area contributed by atoms with Crippen molar-refractivity contribution in [2.75, 3.05) is 13.2 Å². The van der Waals surface area contributed by atoms with E-state index in [2.05, 4.69) is 10.1 Å². The number of fused-ring (bicyclic) bond motifs is 1. The summed E-state index contributed by atoms with van der Waals surface area (Å²) in [6, 6.07) is -0.388. The van der Waals surface area contributed by atoms with Crippen LogP contribution in [0.25, 0.3) is 0 Å². The lowest BCUT2D eigenvalue weighted by Crippen LogP contribution is -2.52. The van der Waals surface area contributed by atoms with Crippen molar-refractivity contribution >= 4 is 23.0 Å². The molecule has 1 aliphatic heterocycles. The van der Waals surface area contributed by atoms with Crippen LogP contribution in [0.5, 0.6) is 0 Å². The molecule has 3 N–H and O–H groups in total. The standard InChI is InChI=1S/C10H17NO3.C3H5ClO2/c12-7-1-2-8-6(5-7)3-4-11-9(8)10(13)14;1-2-6-3(4)5/h6-9,11-12H,1-5H2,(H,13,14);2H2,1H3. The van der Waals surface area contributed by atoms with Gasteiger partial charge in [-0.1, -0.05) is 0 Å². The summed E-state index contributed by atoms with van der Waals surface area (Å²) < 4.78 is 4.17. The number of carboxylic acid groups (broad SMARTS) is 1. The van der Waals surface area contributed by atoms with Gasteiger partial charge in [-0.25, -0.2) is 4.79 Å². The number of carbonyl (C=O) groups excluding carboxylic acids is 1. The van der Waals surface area contributed by atoms with Crippen molar-refractivity contribution in [3.05, 3.63) is 0 Å². The topological polar surface area (TPSA) is 95.9 Å². The minimum atomic E-state index is -0.740. The van der Waals surface area contributed by atoms with Gasteiger partial charge in [-0.3, -0.25) is 4.79 Å². The molecule has 1 aliphatic carbocycles. The summed E-state index contributed by atoms with van der Waals surface area (Å²) in [5.41, 5.74) is -0.738. The fourth-order valence-electron chi connectivity index (χ4n) is 2.99. The molecule has 1 heterocycles. The van der Waals surface area contributed by atoms with E-state index in [4.69, 9.17) is 16.7 Å². The number of nitrogens with one attached hydrogen (secondary N) is 1. The molecule has 0 amide bonds. The van der Waals surface area contributed by atoms with Crippen LogP contribution >= 0.6 is 11.6 Å². The number of halogens is 1. The lowest BCUT2D eigenvalue weighted by Gasteiger charge is -2.41. The van der Waals surface area contributed by atoms with Crippen LogP contribution in [-0.2, 0) is 9.53 Å². The number of aliphatic hydroxyl groups excluding tert-OH is 1. The summed E-state index contributed by atoms with van der Waals surface area (Å²) >= 11 is 4.72. The van der Waals surface area contributed by atoms with E-state index in [-0.39, 0.29) is 18.1 Å². The lowest BCUT2D eigenvalue weighted by atomic mass is 9.71. The third-order valence-electron chi connectivity index (χ3n) is 3.84. The second-order valence-corrected chi connectivity index (χ2v) is 5.43. The fourth-order valence-corrected chi connectivity index (χ4v) is 3.10. The minimum Gasteiger partial charge on any atom is -0.480 e. The number of carboxylic acids is 1. The zero-order valence-corrected chi connectivity index (χ0v) is 12.3. The van der Waals surface area contributed by atoms with Crippen LogP contribution < -0.4 is 5.32 Å². The maximum absolute atomic E-state index is 11.0. The van der Waals surface area contributed by atoms with Crippen molar-refractivity contribution in [2.45, 2.75) is 44.8 Å². The summed E-state index contributed by atoms with van der Waals surface area (Å²) in [5.74, 6) is -0.109. The van der Waals surface area contributed by atoms with Crippen LogP contribution in [0.2, 0.25) is 0 Å². The number of aliphatic carboxylic acids is 1. The molecular weight excluding hydrogens is 286 g/mol. The maximum Gasteiger partial charge on any atom is 0.403 e. The summed E-state index contributed by atoms with van der Waals surface area (Å²) in [7, 11) is 0. The Morgan fingerprint density at radius 1 is 1.35 bits per heavy atom. The third-order valence-corrected chi connectivity index (χ3v) is 3.95. The first-order chi connectivity index (χ1) is 9.45. The first-order valence-corrected chi connectivity index (χ1v) is 7.30. The molecule has 0 aromatic heterocycles. The van der Waals surface area contributed by atoms with E-state index in [1.165, 1.54) is 0 Å². The highest BCUT2D eigenvalue weighted by molar-refractivity contribution is 6.61. The molecule has 0 aromatic carbocycles. The van der Waals surface area contributed by atoms with Gasteiger partial charge in [0.25, 0.3) is 0 Å². The average Bonchev–Trinajstić information content (AvgIpc) is 2.38. The molecule has 0 aromatic rings. The zero-order valence-electron chi connectivity index (χ0n) is 11.5. The van der Waals surface area contributed by atoms with Gasteiger partial charge in [0.2, 0.25) is 0 Å². The highest BCUT2D eigenvalue weighted by Gasteiger charge is 2.40. The molecule has 2 fully saturated rings. The van der Waals surface area contributed by atoms with Crippen LogP contribution in [-0.4, -0.2) is 46.9 Å². The lowest BCUT2D eigenvalue weighted by molar-refractivity contribution is -0.143. The normalized spacial score (nSPS) is 32.4. The monoisotopic (exact) mass is 307 g/mol. The summed E-state index contributed by atoms with van der Waals surface area (Å²) in [4.78, 5) is 20.6. The molecule has 1 saturated heterocycles. The highest BCUT2D eigenvalue weighted by Crippen LogP contribution is 2.36. The quantitative estimate of drug-likeness (QED) is 0.671. The maximum atomic E-state index is 11.0. The van der Waals surface area contributed by atoms with Gasteiger partial charge < -0.3 is 20.3 Å². The molecule has 1 saturated carbocycles. The van der Waals surface area contributed by atoms with Crippen molar-refractivity contribution < 1.29 is 24.5 Å². The van der Waals surface area contributed by atoms with E-state index in [1.807, 2.05) is 0 Å². The largest absolute Gasteiger partial charge is 0.480 e. The van der Waals surface area contributed by atoms with E-state index >= 15 is 0 Å². The smallest absolute Gasteiger partial charge is 0.403 e. The van der Waals surface area contributed by atoms with Crippen molar-refractivity contribution in [1.82, 2.24) is 5.32 Å². The van der Waals surface area contributed by atoms with Crippen LogP contribution in [0.3, 0.4) is 0 Å². The van der Waals surface area contributed by atoms with Gasteiger partial charge in [0.05, 0.1) is 12.7 Å². The van der Waals surface area contributed by atoms with Gasteiger partial charge >= 0.3 is 11.4 Å². The van der Waals surface area contributed by atoms with Crippen molar-refractivity contribution in [3.63, 3.8) is 0 Å². The van der Waals surface area contributed by atoms with Crippen LogP contribution in [0.15, 0.2) is 0 Å². The number of rotatable bonds is 2. The molecular formula is C13H22ClNO5. The van der Waals surface area contributed by atoms with Gasteiger partial charge in [-0.15, -0.1) is 0 Å². The molecule has 7 heteroatoms. The molecule has 0 radical (unpaired) electrons. The fraction of sp³-hybridized carbons (Fsp3) is 0.846. The van der Waals surface area contributed by atoms with E-state index in [0.29, 0.717) is 12.5 Å².